The Morgan fingerprint density at radius 1 is 1.58 bits per heavy atom. The quantitative estimate of drug-likeness (QED) is 0.589. The van der Waals surface area contributed by atoms with E-state index in [4.69, 9.17) is 9.68 Å². The van der Waals surface area contributed by atoms with Gasteiger partial charge in [-0.05, 0) is 18.6 Å². The Bertz CT molecular complexity index is 465. The van der Waals surface area contributed by atoms with Crippen LogP contribution in [0.4, 0.5) is 0 Å². The molecule has 0 saturated heterocycles. The van der Waals surface area contributed by atoms with Crippen molar-refractivity contribution in [1.82, 2.24) is 4.98 Å². The van der Waals surface area contributed by atoms with Crippen LogP contribution in [0.3, 0.4) is 0 Å². The van der Waals surface area contributed by atoms with E-state index in [-0.39, 0.29) is 0 Å². The lowest BCUT2D eigenvalue weighted by Crippen LogP contribution is -1.78. The molecule has 3 heteroatoms. The number of furan rings is 1. The first-order valence-corrected chi connectivity index (χ1v) is 3.55. The third-order valence-electron chi connectivity index (χ3n) is 1.75. The molecule has 0 radical (unpaired) electrons. The SMILES string of the molecule is Cc1coc2ncc(C#N)cc12. The van der Waals surface area contributed by atoms with Gasteiger partial charge in [0.1, 0.15) is 6.07 Å². The first-order valence-electron chi connectivity index (χ1n) is 3.55. The Kier molecular flexibility index (Phi) is 1.34. The predicted octanol–water partition coefficient (Wildman–Crippen LogP) is 2.01. The molecule has 0 amide bonds. The van der Waals surface area contributed by atoms with Crippen molar-refractivity contribution in [2.75, 3.05) is 0 Å². The van der Waals surface area contributed by atoms with E-state index in [2.05, 4.69) is 4.98 Å². The zero-order valence-electron chi connectivity index (χ0n) is 6.53. The van der Waals surface area contributed by atoms with Crippen molar-refractivity contribution in [3.05, 3.63) is 29.7 Å². The van der Waals surface area contributed by atoms with Crippen LogP contribution in [0.5, 0.6) is 0 Å². The number of hydrogen-bond donors (Lipinski definition) is 0. The molecule has 0 saturated carbocycles. The van der Waals surface area contributed by atoms with Crippen LogP contribution in [-0.4, -0.2) is 4.98 Å². The van der Waals surface area contributed by atoms with Crippen LogP contribution < -0.4 is 0 Å². The zero-order valence-corrected chi connectivity index (χ0v) is 6.53. The van der Waals surface area contributed by atoms with Gasteiger partial charge < -0.3 is 4.42 Å². The second kappa shape index (κ2) is 2.35. The van der Waals surface area contributed by atoms with E-state index in [0.717, 1.165) is 10.9 Å². The van der Waals surface area contributed by atoms with Crippen molar-refractivity contribution in [2.45, 2.75) is 6.92 Å². The Morgan fingerprint density at radius 3 is 3.17 bits per heavy atom. The maximum atomic E-state index is 8.60. The smallest absolute Gasteiger partial charge is 0.226 e. The van der Waals surface area contributed by atoms with E-state index in [0.29, 0.717) is 11.3 Å². The number of aromatic nitrogens is 1. The molecule has 0 aliphatic heterocycles. The molecule has 2 rings (SSSR count). The van der Waals surface area contributed by atoms with Gasteiger partial charge in [-0.2, -0.15) is 5.26 Å². The summed E-state index contributed by atoms with van der Waals surface area (Å²) in [5.41, 5.74) is 2.16. The Hall–Kier alpha value is -1.82. The average molecular weight is 158 g/mol. The highest BCUT2D eigenvalue weighted by Crippen LogP contribution is 2.18. The molecular weight excluding hydrogens is 152 g/mol. The van der Waals surface area contributed by atoms with Crippen LogP contribution in [0.2, 0.25) is 0 Å². The minimum Gasteiger partial charge on any atom is -0.446 e. The zero-order chi connectivity index (χ0) is 8.55. The van der Waals surface area contributed by atoms with Gasteiger partial charge in [-0.3, -0.25) is 0 Å². The number of fused-ring (bicyclic) bond motifs is 1. The van der Waals surface area contributed by atoms with E-state index in [1.807, 2.05) is 13.0 Å². The van der Waals surface area contributed by atoms with Crippen molar-refractivity contribution in [1.29, 1.82) is 5.26 Å². The van der Waals surface area contributed by atoms with Crippen LogP contribution in [0.1, 0.15) is 11.1 Å². The van der Waals surface area contributed by atoms with Crippen LogP contribution in [0.15, 0.2) is 22.9 Å². The summed E-state index contributed by atoms with van der Waals surface area (Å²) in [7, 11) is 0. The van der Waals surface area contributed by atoms with Crippen molar-refractivity contribution >= 4 is 11.1 Å². The molecule has 12 heavy (non-hydrogen) atoms. The first kappa shape index (κ1) is 6.86. The van der Waals surface area contributed by atoms with Crippen LogP contribution in [0.25, 0.3) is 11.1 Å². The highest BCUT2D eigenvalue weighted by molar-refractivity contribution is 5.78. The highest BCUT2D eigenvalue weighted by atomic mass is 16.3. The summed E-state index contributed by atoms with van der Waals surface area (Å²) in [5.74, 6) is 0. The van der Waals surface area contributed by atoms with Crippen molar-refractivity contribution < 1.29 is 4.42 Å². The van der Waals surface area contributed by atoms with Crippen molar-refractivity contribution in [3.63, 3.8) is 0 Å². The molecule has 0 N–H and O–H groups in total. The predicted molar refractivity (Wildman–Crippen MR) is 43.5 cm³/mol. The van der Waals surface area contributed by atoms with Crippen LogP contribution in [-0.2, 0) is 0 Å². The molecule has 0 aliphatic rings. The Balaban J connectivity index is 2.82. The van der Waals surface area contributed by atoms with Gasteiger partial charge in [-0.1, -0.05) is 0 Å². The lowest BCUT2D eigenvalue weighted by molar-refractivity contribution is 0.600. The molecule has 0 fully saturated rings. The van der Waals surface area contributed by atoms with Gasteiger partial charge in [0.15, 0.2) is 0 Å². The number of rotatable bonds is 0. The molecule has 2 heterocycles. The second-order valence-electron chi connectivity index (χ2n) is 2.61. The Morgan fingerprint density at radius 2 is 2.42 bits per heavy atom. The molecule has 0 spiro atoms. The number of aryl methyl sites for hydroxylation is 1. The molecule has 0 unspecified atom stereocenters. The summed E-state index contributed by atoms with van der Waals surface area (Å²) in [4.78, 5) is 3.98. The van der Waals surface area contributed by atoms with Gasteiger partial charge in [-0.15, -0.1) is 0 Å². The minimum atomic E-state index is 0.562. The van der Waals surface area contributed by atoms with Gasteiger partial charge >= 0.3 is 0 Å². The van der Waals surface area contributed by atoms with Gasteiger partial charge in [0.25, 0.3) is 0 Å². The first-order chi connectivity index (χ1) is 5.81. The Labute approximate surface area is 69.2 Å². The topological polar surface area (TPSA) is 49.8 Å². The van der Waals surface area contributed by atoms with Gasteiger partial charge in [-0.25, -0.2) is 4.98 Å². The lowest BCUT2D eigenvalue weighted by atomic mass is 10.2. The maximum absolute atomic E-state index is 8.60. The molecule has 0 bridgehead atoms. The fraction of sp³-hybridized carbons (Fsp3) is 0.111. The number of nitriles is 1. The molecular formula is C9H6N2O. The summed E-state index contributed by atoms with van der Waals surface area (Å²) < 4.78 is 5.13. The highest BCUT2D eigenvalue weighted by Gasteiger charge is 2.03. The summed E-state index contributed by atoms with van der Waals surface area (Å²) in [5, 5.41) is 9.52. The molecule has 2 aromatic rings. The third kappa shape index (κ3) is 0.857. The monoisotopic (exact) mass is 158 g/mol. The fourth-order valence-corrected chi connectivity index (χ4v) is 1.10. The lowest BCUT2D eigenvalue weighted by Gasteiger charge is -1.88. The van der Waals surface area contributed by atoms with E-state index >= 15 is 0 Å². The molecule has 0 atom stereocenters. The second-order valence-corrected chi connectivity index (χ2v) is 2.61. The average Bonchev–Trinajstić information content (AvgIpc) is 2.47. The largest absolute Gasteiger partial charge is 0.446 e. The van der Waals surface area contributed by atoms with E-state index in [1.165, 1.54) is 6.20 Å². The molecule has 2 aromatic heterocycles. The standard InChI is InChI=1S/C9H6N2O/c1-6-5-12-9-8(6)2-7(3-10)4-11-9/h2,4-5H,1H3. The van der Waals surface area contributed by atoms with Crippen molar-refractivity contribution in [2.24, 2.45) is 0 Å². The molecule has 3 nitrogen and oxygen atoms in total. The number of hydrogen-bond acceptors (Lipinski definition) is 3. The van der Waals surface area contributed by atoms with E-state index in [9.17, 15) is 0 Å². The van der Waals surface area contributed by atoms with Gasteiger partial charge in [0.2, 0.25) is 5.71 Å². The van der Waals surface area contributed by atoms with Crippen LogP contribution >= 0.6 is 0 Å². The summed E-state index contributed by atoms with van der Waals surface area (Å²) >= 11 is 0. The molecule has 58 valence electrons. The summed E-state index contributed by atoms with van der Waals surface area (Å²) in [6.45, 7) is 1.93. The fourth-order valence-electron chi connectivity index (χ4n) is 1.10. The summed E-state index contributed by atoms with van der Waals surface area (Å²) in [6, 6.07) is 3.81. The van der Waals surface area contributed by atoms with Gasteiger partial charge in [0.05, 0.1) is 11.8 Å². The van der Waals surface area contributed by atoms with E-state index < -0.39 is 0 Å². The third-order valence-corrected chi connectivity index (χ3v) is 1.75. The number of nitrogens with zero attached hydrogens (tertiary/aromatic N) is 2. The summed E-state index contributed by atoms with van der Waals surface area (Å²) in [6.07, 6.45) is 3.14. The molecule has 0 aromatic carbocycles. The molecule has 0 aliphatic carbocycles. The minimum absolute atomic E-state index is 0.562. The van der Waals surface area contributed by atoms with Crippen molar-refractivity contribution in [3.8, 4) is 6.07 Å². The van der Waals surface area contributed by atoms with E-state index in [1.54, 1.807) is 12.3 Å². The van der Waals surface area contributed by atoms with Gasteiger partial charge in [0, 0.05) is 11.6 Å². The van der Waals surface area contributed by atoms with Crippen LogP contribution in [0, 0.1) is 18.3 Å². The normalized spacial score (nSPS) is 10.0. The maximum Gasteiger partial charge on any atom is 0.226 e. The number of pyridine rings is 1.